The number of aromatic nitrogens is 6. The van der Waals surface area contributed by atoms with Gasteiger partial charge in [-0.2, -0.15) is 0 Å². The second-order valence-electron chi connectivity index (χ2n) is 8.23. The van der Waals surface area contributed by atoms with E-state index in [9.17, 15) is 4.79 Å². The van der Waals surface area contributed by atoms with Crippen LogP contribution < -0.4 is 5.32 Å². The normalized spacial score (nSPS) is 17.7. The zero-order chi connectivity index (χ0) is 22.0. The Morgan fingerprint density at radius 2 is 2.00 bits per heavy atom. The monoisotopic (exact) mass is 422 g/mol. The van der Waals surface area contributed by atoms with Crippen LogP contribution in [0.5, 0.6) is 0 Å². The van der Waals surface area contributed by atoms with Crippen LogP contribution in [0, 0.1) is 12.8 Å². The summed E-state index contributed by atoms with van der Waals surface area (Å²) in [4.78, 5) is 37.5. The Morgan fingerprint density at radius 3 is 2.68 bits per heavy atom. The number of fused-ring (bicyclic) bond motifs is 1. The maximum Gasteiger partial charge on any atom is 0.245 e. The van der Waals surface area contributed by atoms with E-state index in [0.29, 0.717) is 36.0 Å². The minimum absolute atomic E-state index is 0.128. The maximum absolute atomic E-state index is 13.2. The highest BCUT2D eigenvalue weighted by molar-refractivity contribution is 5.90. The van der Waals surface area contributed by atoms with Crippen LogP contribution >= 0.6 is 0 Å². The standard InChI is InChI=1S/C22H30N8O/c1-5-17(22(31)29-9-7-8-14(3)12-29)27-19-18-21(26-13-25-19)30(6-2)20(28-18)16-10-23-15(4)24-11-16/h10-11,13-14,17H,5-9,12H2,1-4H3,(H,25,26,27)/t14?,17-/m1/s1. The number of hydrogen-bond donors (Lipinski definition) is 1. The van der Waals surface area contributed by atoms with Crippen molar-refractivity contribution in [3.63, 3.8) is 0 Å². The summed E-state index contributed by atoms with van der Waals surface area (Å²) in [6.45, 7) is 10.4. The van der Waals surface area contributed by atoms with E-state index in [-0.39, 0.29) is 11.9 Å². The zero-order valence-electron chi connectivity index (χ0n) is 18.7. The molecule has 1 aliphatic rings. The van der Waals surface area contributed by atoms with Crippen LogP contribution in [-0.4, -0.2) is 59.4 Å². The first-order valence-electron chi connectivity index (χ1n) is 11.1. The summed E-state index contributed by atoms with van der Waals surface area (Å²) in [5, 5.41) is 3.36. The minimum atomic E-state index is -0.346. The number of likely N-dealkylation sites (tertiary alicyclic amines) is 1. The Labute approximate surface area is 182 Å². The van der Waals surface area contributed by atoms with Gasteiger partial charge in [-0.15, -0.1) is 0 Å². The van der Waals surface area contributed by atoms with Gasteiger partial charge in [0.2, 0.25) is 5.91 Å². The lowest BCUT2D eigenvalue weighted by Crippen LogP contribution is -2.47. The number of carbonyl (C=O) groups is 1. The van der Waals surface area contributed by atoms with Gasteiger partial charge < -0.3 is 14.8 Å². The van der Waals surface area contributed by atoms with Gasteiger partial charge in [0.15, 0.2) is 17.0 Å². The van der Waals surface area contributed by atoms with Crippen LogP contribution in [0.25, 0.3) is 22.6 Å². The van der Waals surface area contributed by atoms with Gasteiger partial charge in [0.05, 0.1) is 5.56 Å². The van der Waals surface area contributed by atoms with Crippen molar-refractivity contribution in [1.29, 1.82) is 0 Å². The van der Waals surface area contributed by atoms with Crippen LogP contribution in [0.3, 0.4) is 0 Å². The van der Waals surface area contributed by atoms with E-state index in [1.807, 2.05) is 30.2 Å². The number of nitrogens with one attached hydrogen (secondary N) is 1. The van der Waals surface area contributed by atoms with Crippen LogP contribution in [0.15, 0.2) is 18.7 Å². The fourth-order valence-electron chi connectivity index (χ4n) is 4.18. The van der Waals surface area contributed by atoms with E-state index in [2.05, 4.69) is 32.2 Å². The van der Waals surface area contributed by atoms with Gasteiger partial charge in [0.1, 0.15) is 24.0 Å². The maximum atomic E-state index is 13.2. The Balaban J connectivity index is 1.67. The van der Waals surface area contributed by atoms with Gasteiger partial charge in [0.25, 0.3) is 0 Å². The number of piperidine rings is 1. The van der Waals surface area contributed by atoms with Crippen LogP contribution in [0.1, 0.15) is 45.9 Å². The van der Waals surface area contributed by atoms with Gasteiger partial charge in [-0.3, -0.25) is 4.79 Å². The first-order chi connectivity index (χ1) is 15.0. The first kappa shape index (κ1) is 21.1. The van der Waals surface area contributed by atoms with Crippen molar-refractivity contribution >= 4 is 22.9 Å². The van der Waals surface area contributed by atoms with Crippen molar-refractivity contribution in [2.75, 3.05) is 18.4 Å². The Kier molecular flexibility index (Phi) is 6.11. The molecular weight excluding hydrogens is 392 g/mol. The molecule has 4 rings (SSSR count). The molecular formula is C22H30N8O. The summed E-state index contributed by atoms with van der Waals surface area (Å²) in [5.74, 6) is 2.70. The lowest BCUT2D eigenvalue weighted by atomic mass is 9.99. The summed E-state index contributed by atoms with van der Waals surface area (Å²) in [6, 6.07) is -0.346. The topological polar surface area (TPSA) is 102 Å². The lowest BCUT2D eigenvalue weighted by Gasteiger charge is -2.33. The minimum Gasteiger partial charge on any atom is -0.356 e. The molecule has 1 amide bonds. The number of hydrogen-bond acceptors (Lipinski definition) is 7. The number of rotatable bonds is 6. The smallest absolute Gasteiger partial charge is 0.245 e. The molecule has 31 heavy (non-hydrogen) atoms. The largest absolute Gasteiger partial charge is 0.356 e. The Morgan fingerprint density at radius 1 is 1.23 bits per heavy atom. The molecule has 0 aliphatic carbocycles. The lowest BCUT2D eigenvalue weighted by molar-refractivity contribution is -0.133. The molecule has 1 unspecified atom stereocenters. The van der Waals surface area contributed by atoms with E-state index in [4.69, 9.17) is 4.98 Å². The molecule has 9 heteroatoms. The predicted octanol–water partition coefficient (Wildman–Crippen LogP) is 3.06. The summed E-state index contributed by atoms with van der Waals surface area (Å²) < 4.78 is 2.02. The third-order valence-corrected chi connectivity index (χ3v) is 5.87. The fraction of sp³-hybridized carbons (Fsp3) is 0.545. The number of carbonyl (C=O) groups excluding carboxylic acids is 1. The average Bonchev–Trinajstić information content (AvgIpc) is 3.17. The number of imidazole rings is 1. The predicted molar refractivity (Wildman–Crippen MR) is 119 cm³/mol. The second kappa shape index (κ2) is 8.95. The average molecular weight is 423 g/mol. The zero-order valence-corrected chi connectivity index (χ0v) is 18.7. The number of anilines is 1. The molecule has 1 aliphatic heterocycles. The summed E-state index contributed by atoms with van der Waals surface area (Å²) >= 11 is 0. The van der Waals surface area contributed by atoms with Crippen LogP contribution in [-0.2, 0) is 11.3 Å². The third kappa shape index (κ3) is 4.22. The molecule has 3 aromatic rings. The van der Waals surface area contributed by atoms with Crippen LogP contribution in [0.4, 0.5) is 5.82 Å². The molecule has 3 aromatic heterocycles. The summed E-state index contributed by atoms with van der Waals surface area (Å²) in [6.07, 6.45) is 7.97. The van der Waals surface area contributed by atoms with E-state index in [0.717, 1.165) is 36.5 Å². The molecule has 2 atom stereocenters. The van der Waals surface area contributed by atoms with Crippen molar-refractivity contribution < 1.29 is 4.79 Å². The SMILES string of the molecule is CC[C@@H](Nc1ncnc2c1nc(-c1cnc(C)nc1)n2CC)C(=O)N1CCCC(C)C1. The molecule has 0 saturated carbocycles. The Bertz CT molecular complexity index is 1060. The molecule has 4 heterocycles. The van der Waals surface area contributed by atoms with E-state index >= 15 is 0 Å². The summed E-state index contributed by atoms with van der Waals surface area (Å²) in [7, 11) is 0. The number of aryl methyl sites for hydroxylation is 2. The highest BCUT2D eigenvalue weighted by Gasteiger charge is 2.28. The first-order valence-corrected chi connectivity index (χ1v) is 11.1. The van der Waals surface area contributed by atoms with E-state index in [1.54, 1.807) is 12.4 Å². The fourth-order valence-corrected chi connectivity index (χ4v) is 4.18. The molecule has 0 spiro atoms. The van der Waals surface area contributed by atoms with Gasteiger partial charge in [0, 0.05) is 32.0 Å². The van der Waals surface area contributed by atoms with Crippen molar-refractivity contribution in [2.45, 2.75) is 59.5 Å². The molecule has 0 radical (unpaired) electrons. The van der Waals surface area contributed by atoms with Gasteiger partial charge >= 0.3 is 0 Å². The Hall–Kier alpha value is -3.10. The van der Waals surface area contributed by atoms with E-state index < -0.39 is 0 Å². The molecule has 164 valence electrons. The molecule has 1 saturated heterocycles. The second-order valence-corrected chi connectivity index (χ2v) is 8.23. The molecule has 0 aromatic carbocycles. The summed E-state index contributed by atoms with van der Waals surface area (Å²) in [5.41, 5.74) is 2.20. The molecule has 1 N–H and O–H groups in total. The number of nitrogens with zero attached hydrogens (tertiary/aromatic N) is 7. The van der Waals surface area contributed by atoms with Gasteiger partial charge in [-0.1, -0.05) is 13.8 Å². The van der Waals surface area contributed by atoms with Crippen molar-refractivity contribution in [3.05, 3.63) is 24.5 Å². The quantitative estimate of drug-likeness (QED) is 0.651. The molecule has 1 fully saturated rings. The molecule has 0 bridgehead atoms. The van der Waals surface area contributed by atoms with E-state index in [1.165, 1.54) is 12.7 Å². The van der Waals surface area contributed by atoms with Crippen LogP contribution in [0.2, 0.25) is 0 Å². The van der Waals surface area contributed by atoms with Crippen molar-refractivity contribution in [2.24, 2.45) is 5.92 Å². The highest BCUT2D eigenvalue weighted by Crippen LogP contribution is 2.27. The number of amides is 1. The molecule has 9 nitrogen and oxygen atoms in total. The van der Waals surface area contributed by atoms with Gasteiger partial charge in [-0.25, -0.2) is 24.9 Å². The van der Waals surface area contributed by atoms with Gasteiger partial charge in [-0.05, 0) is 39.0 Å². The van der Waals surface area contributed by atoms with Crippen molar-refractivity contribution in [3.8, 4) is 11.4 Å². The third-order valence-electron chi connectivity index (χ3n) is 5.87. The highest BCUT2D eigenvalue weighted by atomic mass is 16.2. The van der Waals surface area contributed by atoms with Crippen molar-refractivity contribution in [1.82, 2.24) is 34.4 Å².